The van der Waals surface area contributed by atoms with Crippen LogP contribution in [-0.4, -0.2) is 42.8 Å². The zero-order valence-electron chi connectivity index (χ0n) is 17.0. The molecule has 0 radical (unpaired) electrons. The summed E-state index contributed by atoms with van der Waals surface area (Å²) in [6.45, 7) is 1.17. The highest BCUT2D eigenvalue weighted by Gasteiger charge is 2.33. The van der Waals surface area contributed by atoms with E-state index >= 15 is 0 Å². The van der Waals surface area contributed by atoms with Crippen LogP contribution in [0.1, 0.15) is 24.4 Å². The van der Waals surface area contributed by atoms with Gasteiger partial charge in [0.1, 0.15) is 18.0 Å². The Morgan fingerprint density at radius 1 is 1.25 bits per heavy atom. The molecule has 4 aromatic heterocycles. The second kappa shape index (κ2) is 8.08. The fraction of sp³-hybridized carbons (Fsp3) is 0.273. The molecule has 5 heterocycles. The van der Waals surface area contributed by atoms with Crippen LogP contribution in [0.2, 0.25) is 0 Å². The minimum atomic E-state index is -0.512. The van der Waals surface area contributed by atoms with Crippen molar-refractivity contribution >= 4 is 16.9 Å². The second-order valence-electron chi connectivity index (χ2n) is 7.74. The van der Waals surface area contributed by atoms with Crippen molar-refractivity contribution in [2.75, 3.05) is 18.0 Å². The topological polar surface area (TPSA) is 123 Å². The van der Waals surface area contributed by atoms with Crippen LogP contribution in [0, 0.1) is 34.4 Å². The average molecular weight is 427 g/mol. The summed E-state index contributed by atoms with van der Waals surface area (Å²) in [6.07, 6.45) is 9.40. The number of anilines is 1. The summed E-state index contributed by atoms with van der Waals surface area (Å²) in [5.74, 6) is -0.182. The van der Waals surface area contributed by atoms with E-state index in [0.717, 1.165) is 28.7 Å². The Kier molecular flexibility index (Phi) is 4.96. The molecule has 0 bridgehead atoms. The highest BCUT2D eigenvalue weighted by atomic mass is 19.1. The van der Waals surface area contributed by atoms with Crippen molar-refractivity contribution < 1.29 is 4.39 Å². The van der Waals surface area contributed by atoms with Gasteiger partial charge in [-0.25, -0.2) is 19.3 Å². The van der Waals surface area contributed by atoms with E-state index in [9.17, 15) is 9.65 Å². The van der Waals surface area contributed by atoms with Gasteiger partial charge in [0.2, 0.25) is 0 Å². The molecule has 1 aliphatic heterocycles. The minimum absolute atomic E-state index is 0.0944. The SMILES string of the molecule is N#CCC(C1CCN(c2ncc(C#N)cc2F)C1)n1cc(-c2ncnc3[nH]ccc23)cn1. The number of rotatable bonds is 5. The molecule has 0 aliphatic carbocycles. The molecule has 10 heteroatoms. The van der Waals surface area contributed by atoms with Crippen molar-refractivity contribution in [3.05, 3.63) is 54.6 Å². The highest BCUT2D eigenvalue weighted by Crippen LogP contribution is 2.34. The van der Waals surface area contributed by atoms with Gasteiger partial charge in [0.05, 0.1) is 36.0 Å². The summed E-state index contributed by atoms with van der Waals surface area (Å²) in [5, 5.41) is 23.8. The predicted octanol–water partition coefficient (Wildman–Crippen LogP) is 3.21. The fourth-order valence-corrected chi connectivity index (χ4v) is 4.33. The Morgan fingerprint density at radius 2 is 2.16 bits per heavy atom. The molecule has 5 rings (SSSR count). The Labute approximate surface area is 182 Å². The largest absolute Gasteiger partial charge is 0.354 e. The molecule has 0 saturated carbocycles. The predicted molar refractivity (Wildman–Crippen MR) is 114 cm³/mol. The summed E-state index contributed by atoms with van der Waals surface area (Å²) in [6, 6.07) is 7.12. The monoisotopic (exact) mass is 427 g/mol. The fourth-order valence-electron chi connectivity index (χ4n) is 4.33. The quantitative estimate of drug-likeness (QED) is 0.519. The molecule has 2 unspecified atom stereocenters. The molecule has 32 heavy (non-hydrogen) atoms. The summed E-state index contributed by atoms with van der Waals surface area (Å²) in [4.78, 5) is 17.7. The van der Waals surface area contributed by atoms with Crippen LogP contribution >= 0.6 is 0 Å². The number of nitrogens with one attached hydrogen (secondary N) is 1. The minimum Gasteiger partial charge on any atom is -0.354 e. The number of fused-ring (bicyclic) bond motifs is 1. The van der Waals surface area contributed by atoms with Gasteiger partial charge in [-0.05, 0) is 18.6 Å². The Morgan fingerprint density at radius 3 is 2.97 bits per heavy atom. The third-order valence-electron chi connectivity index (χ3n) is 5.89. The average Bonchev–Trinajstić information content (AvgIpc) is 3.57. The molecule has 0 spiro atoms. The van der Waals surface area contributed by atoms with E-state index in [4.69, 9.17) is 5.26 Å². The number of pyridine rings is 1. The Hall–Kier alpha value is -4.31. The zero-order chi connectivity index (χ0) is 22.1. The van der Waals surface area contributed by atoms with Gasteiger partial charge in [0, 0.05) is 48.5 Å². The van der Waals surface area contributed by atoms with E-state index in [1.54, 1.807) is 6.20 Å². The first-order chi connectivity index (χ1) is 15.7. The van der Waals surface area contributed by atoms with E-state index in [-0.39, 0.29) is 29.8 Å². The lowest BCUT2D eigenvalue weighted by Crippen LogP contribution is -2.26. The molecular weight excluding hydrogens is 409 g/mol. The number of H-pyrrole nitrogens is 1. The normalized spacial score (nSPS) is 16.7. The number of aromatic nitrogens is 6. The van der Waals surface area contributed by atoms with Gasteiger partial charge < -0.3 is 9.88 Å². The van der Waals surface area contributed by atoms with Crippen LogP contribution in [0.5, 0.6) is 0 Å². The smallest absolute Gasteiger partial charge is 0.166 e. The first-order valence-corrected chi connectivity index (χ1v) is 10.2. The molecule has 0 amide bonds. The summed E-state index contributed by atoms with van der Waals surface area (Å²) in [5.41, 5.74) is 2.55. The molecule has 1 fully saturated rings. The van der Waals surface area contributed by atoms with Gasteiger partial charge in [0.15, 0.2) is 11.6 Å². The van der Waals surface area contributed by atoms with Crippen LogP contribution in [0.3, 0.4) is 0 Å². The van der Waals surface area contributed by atoms with E-state index < -0.39 is 5.82 Å². The Balaban J connectivity index is 1.40. The van der Waals surface area contributed by atoms with Crippen molar-refractivity contribution in [3.63, 3.8) is 0 Å². The van der Waals surface area contributed by atoms with E-state index in [0.29, 0.717) is 13.1 Å². The third kappa shape index (κ3) is 3.42. The lowest BCUT2D eigenvalue weighted by Gasteiger charge is -2.23. The van der Waals surface area contributed by atoms with Gasteiger partial charge >= 0.3 is 0 Å². The van der Waals surface area contributed by atoms with Crippen LogP contribution in [0.25, 0.3) is 22.3 Å². The van der Waals surface area contributed by atoms with Gasteiger partial charge in [-0.2, -0.15) is 15.6 Å². The van der Waals surface area contributed by atoms with Crippen molar-refractivity contribution in [2.45, 2.75) is 18.9 Å². The standard InChI is InChI=1S/C22H18FN9/c23-18-7-14(8-25)9-27-22(18)31-6-3-15(11-31)19(1-4-24)32-12-16(10-30-32)20-17-2-5-26-21(17)29-13-28-20/h2,5,7,9-10,12-13,15,19H,1,3,6,11H2,(H,26,28,29). The second-order valence-corrected chi connectivity index (χ2v) is 7.74. The first-order valence-electron chi connectivity index (χ1n) is 10.2. The van der Waals surface area contributed by atoms with E-state index in [1.807, 2.05) is 34.1 Å². The number of nitrogens with zero attached hydrogens (tertiary/aromatic N) is 8. The maximum atomic E-state index is 14.4. The number of hydrogen-bond acceptors (Lipinski definition) is 7. The maximum absolute atomic E-state index is 14.4. The molecule has 2 atom stereocenters. The number of aromatic amines is 1. The zero-order valence-corrected chi connectivity index (χ0v) is 17.0. The maximum Gasteiger partial charge on any atom is 0.166 e. The van der Waals surface area contributed by atoms with Crippen molar-refractivity contribution in [2.24, 2.45) is 5.92 Å². The lowest BCUT2D eigenvalue weighted by atomic mass is 9.96. The van der Waals surface area contributed by atoms with Gasteiger partial charge in [0.25, 0.3) is 0 Å². The molecule has 1 N–H and O–H groups in total. The third-order valence-corrected chi connectivity index (χ3v) is 5.89. The molecule has 9 nitrogen and oxygen atoms in total. The van der Waals surface area contributed by atoms with Gasteiger partial charge in [-0.1, -0.05) is 0 Å². The van der Waals surface area contributed by atoms with Crippen LogP contribution in [0.4, 0.5) is 10.2 Å². The Bertz CT molecular complexity index is 1360. The molecule has 4 aromatic rings. The van der Waals surface area contributed by atoms with Crippen molar-refractivity contribution in [1.29, 1.82) is 10.5 Å². The number of hydrogen-bond donors (Lipinski definition) is 1. The summed E-state index contributed by atoms with van der Waals surface area (Å²) >= 11 is 0. The lowest BCUT2D eigenvalue weighted by molar-refractivity contribution is 0.331. The number of nitriles is 2. The first kappa shape index (κ1) is 19.6. The molecule has 0 aromatic carbocycles. The summed E-state index contributed by atoms with van der Waals surface area (Å²) in [7, 11) is 0. The highest BCUT2D eigenvalue weighted by molar-refractivity contribution is 5.89. The van der Waals surface area contributed by atoms with Crippen molar-refractivity contribution in [1.82, 2.24) is 29.7 Å². The van der Waals surface area contributed by atoms with Crippen LogP contribution in [-0.2, 0) is 0 Å². The van der Waals surface area contributed by atoms with E-state index in [1.165, 1.54) is 18.6 Å². The van der Waals surface area contributed by atoms with Gasteiger partial charge in [-0.3, -0.25) is 4.68 Å². The molecule has 1 saturated heterocycles. The van der Waals surface area contributed by atoms with E-state index in [2.05, 4.69) is 31.1 Å². The van der Waals surface area contributed by atoms with Crippen LogP contribution in [0.15, 0.2) is 43.2 Å². The molecular formula is C22H18FN9. The van der Waals surface area contributed by atoms with Crippen molar-refractivity contribution in [3.8, 4) is 23.4 Å². The van der Waals surface area contributed by atoms with Crippen LogP contribution < -0.4 is 4.90 Å². The summed E-state index contributed by atoms with van der Waals surface area (Å²) < 4.78 is 16.3. The molecule has 1 aliphatic rings. The number of halogens is 1. The van der Waals surface area contributed by atoms with Gasteiger partial charge in [-0.15, -0.1) is 0 Å². The molecule has 158 valence electrons.